The van der Waals surface area contributed by atoms with Gasteiger partial charge in [0.05, 0.1) is 30.8 Å². The molecule has 1 saturated heterocycles. The summed E-state index contributed by atoms with van der Waals surface area (Å²) in [6.07, 6.45) is 0. The van der Waals surface area contributed by atoms with Crippen LogP contribution in [0.4, 0.5) is 0 Å². The Morgan fingerprint density at radius 2 is 2.06 bits per heavy atom. The van der Waals surface area contributed by atoms with Crippen LogP contribution in [0.5, 0.6) is 5.75 Å². The van der Waals surface area contributed by atoms with Crippen LogP contribution in [0, 0.1) is 0 Å². The molecular weight excluding hydrogens is 249 g/mol. The zero-order chi connectivity index (χ0) is 11.8. The molecule has 0 atom stereocenters. The average molecular weight is 262 g/mol. The second-order valence-electron chi connectivity index (χ2n) is 3.92. The summed E-state index contributed by atoms with van der Waals surface area (Å²) < 4.78 is 10.3. The smallest absolute Gasteiger partial charge is 0.138 e. The van der Waals surface area contributed by atoms with E-state index < -0.39 is 0 Å². The van der Waals surface area contributed by atoms with Gasteiger partial charge in [0.1, 0.15) is 10.8 Å². The van der Waals surface area contributed by atoms with Crippen LogP contribution in [0.1, 0.15) is 5.56 Å². The van der Waals surface area contributed by atoms with Gasteiger partial charge in [-0.3, -0.25) is 0 Å². The van der Waals surface area contributed by atoms with Crippen LogP contribution in [0.3, 0.4) is 0 Å². The molecule has 0 spiro atoms. The quantitative estimate of drug-likeness (QED) is 0.908. The average Bonchev–Trinajstić information content (AvgIpc) is 2.23. The molecule has 1 heterocycles. The second-order valence-corrected chi connectivity index (χ2v) is 4.68. The predicted octanol–water partition coefficient (Wildman–Crippen LogP) is 2.23. The van der Waals surface area contributed by atoms with Gasteiger partial charge in [0, 0.05) is 6.54 Å². The van der Waals surface area contributed by atoms with Crippen molar-refractivity contribution in [2.45, 2.75) is 5.41 Å². The van der Waals surface area contributed by atoms with E-state index >= 15 is 0 Å². The highest BCUT2D eigenvalue weighted by Crippen LogP contribution is 2.42. The molecule has 1 fully saturated rings. The third-order valence-corrected chi connectivity index (χ3v) is 3.85. The molecule has 1 aliphatic heterocycles. The monoisotopic (exact) mass is 261 g/mol. The molecule has 1 aliphatic rings. The van der Waals surface area contributed by atoms with E-state index in [1.165, 1.54) is 0 Å². The number of methoxy groups -OCH3 is 1. The summed E-state index contributed by atoms with van der Waals surface area (Å²) in [4.78, 5) is 0. The van der Waals surface area contributed by atoms with Gasteiger partial charge in [-0.15, -0.1) is 0 Å². The molecule has 2 rings (SSSR count). The van der Waals surface area contributed by atoms with Gasteiger partial charge in [0.15, 0.2) is 0 Å². The highest BCUT2D eigenvalue weighted by molar-refractivity contribution is 6.43. The van der Waals surface area contributed by atoms with Crippen LogP contribution in [0.2, 0.25) is 10.0 Å². The summed E-state index contributed by atoms with van der Waals surface area (Å²) in [6, 6.07) is 3.71. The minimum absolute atomic E-state index is 0.188. The molecule has 1 aromatic rings. The summed E-state index contributed by atoms with van der Waals surface area (Å²) in [5.41, 5.74) is 6.53. The third-order valence-electron chi connectivity index (χ3n) is 2.99. The summed E-state index contributed by atoms with van der Waals surface area (Å²) in [6.45, 7) is 1.67. The van der Waals surface area contributed by atoms with Crippen molar-refractivity contribution in [1.29, 1.82) is 0 Å². The lowest BCUT2D eigenvalue weighted by Gasteiger charge is -2.41. The molecule has 3 nitrogen and oxygen atoms in total. The van der Waals surface area contributed by atoms with Crippen LogP contribution in [0.15, 0.2) is 12.1 Å². The van der Waals surface area contributed by atoms with Crippen molar-refractivity contribution in [3.05, 3.63) is 27.7 Å². The van der Waals surface area contributed by atoms with E-state index in [2.05, 4.69) is 0 Å². The molecule has 0 amide bonds. The van der Waals surface area contributed by atoms with E-state index in [-0.39, 0.29) is 5.41 Å². The Labute approximate surface area is 104 Å². The minimum Gasteiger partial charge on any atom is -0.495 e. The topological polar surface area (TPSA) is 44.5 Å². The first-order valence-corrected chi connectivity index (χ1v) is 5.70. The number of hydrogen-bond acceptors (Lipinski definition) is 3. The van der Waals surface area contributed by atoms with Crippen LogP contribution < -0.4 is 10.5 Å². The molecule has 0 aliphatic carbocycles. The Bertz CT molecular complexity index is 400. The van der Waals surface area contributed by atoms with Gasteiger partial charge in [-0.1, -0.05) is 29.3 Å². The highest BCUT2D eigenvalue weighted by Gasteiger charge is 2.41. The normalized spacial score (nSPS) is 18.0. The lowest BCUT2D eigenvalue weighted by molar-refractivity contribution is -0.0549. The number of nitrogens with two attached hydrogens (primary N) is 1. The molecular formula is C11H13Cl2NO2. The molecule has 0 bridgehead atoms. The Balaban J connectivity index is 2.46. The van der Waals surface area contributed by atoms with Gasteiger partial charge in [-0.05, 0) is 11.6 Å². The first-order chi connectivity index (χ1) is 7.64. The lowest BCUT2D eigenvalue weighted by atomic mass is 9.78. The molecule has 0 radical (unpaired) electrons. The van der Waals surface area contributed by atoms with Crippen molar-refractivity contribution in [3.8, 4) is 5.75 Å². The molecule has 16 heavy (non-hydrogen) atoms. The fraction of sp³-hybridized carbons (Fsp3) is 0.455. The molecule has 5 heteroatoms. The summed E-state index contributed by atoms with van der Waals surface area (Å²) in [5.74, 6) is 0.572. The molecule has 0 aromatic heterocycles. The van der Waals surface area contributed by atoms with Crippen LogP contribution in [0.25, 0.3) is 0 Å². The number of halogens is 2. The van der Waals surface area contributed by atoms with Gasteiger partial charge in [-0.2, -0.15) is 0 Å². The van der Waals surface area contributed by atoms with Gasteiger partial charge in [0.25, 0.3) is 0 Å². The van der Waals surface area contributed by atoms with Crippen LogP contribution in [-0.4, -0.2) is 26.9 Å². The predicted molar refractivity (Wildman–Crippen MR) is 64.6 cm³/mol. The van der Waals surface area contributed by atoms with Crippen molar-refractivity contribution in [2.75, 3.05) is 26.9 Å². The van der Waals surface area contributed by atoms with E-state index in [1.807, 2.05) is 6.07 Å². The van der Waals surface area contributed by atoms with E-state index in [9.17, 15) is 0 Å². The summed E-state index contributed by atoms with van der Waals surface area (Å²) in [5, 5.41) is 0.941. The molecule has 2 N–H and O–H groups in total. The summed E-state index contributed by atoms with van der Waals surface area (Å²) in [7, 11) is 1.56. The van der Waals surface area contributed by atoms with Crippen molar-refractivity contribution in [3.63, 3.8) is 0 Å². The Morgan fingerprint density at radius 1 is 1.38 bits per heavy atom. The van der Waals surface area contributed by atoms with Crippen molar-refractivity contribution < 1.29 is 9.47 Å². The summed E-state index contributed by atoms with van der Waals surface area (Å²) >= 11 is 12.3. The second kappa shape index (κ2) is 4.41. The highest BCUT2D eigenvalue weighted by atomic mass is 35.5. The van der Waals surface area contributed by atoms with Gasteiger partial charge in [0.2, 0.25) is 0 Å². The van der Waals surface area contributed by atoms with E-state index in [0.29, 0.717) is 35.6 Å². The van der Waals surface area contributed by atoms with Gasteiger partial charge < -0.3 is 15.2 Å². The fourth-order valence-corrected chi connectivity index (χ4v) is 2.43. The van der Waals surface area contributed by atoms with E-state index in [4.69, 9.17) is 38.4 Å². The fourth-order valence-electron chi connectivity index (χ4n) is 1.83. The number of hydrogen-bond donors (Lipinski definition) is 1. The molecule has 0 saturated carbocycles. The first-order valence-electron chi connectivity index (χ1n) is 4.95. The largest absolute Gasteiger partial charge is 0.495 e. The Morgan fingerprint density at radius 3 is 2.50 bits per heavy atom. The van der Waals surface area contributed by atoms with Gasteiger partial charge >= 0.3 is 0 Å². The van der Waals surface area contributed by atoms with Crippen molar-refractivity contribution in [1.82, 2.24) is 0 Å². The number of ether oxygens (including phenoxy) is 2. The number of benzene rings is 1. The number of rotatable bonds is 3. The first kappa shape index (κ1) is 12.0. The Hall–Kier alpha value is -0.480. The van der Waals surface area contributed by atoms with Gasteiger partial charge in [-0.25, -0.2) is 0 Å². The molecule has 88 valence electrons. The minimum atomic E-state index is -0.188. The maximum absolute atomic E-state index is 6.23. The molecule has 0 unspecified atom stereocenters. The zero-order valence-electron chi connectivity index (χ0n) is 8.93. The molecule has 1 aromatic carbocycles. The Kier molecular flexibility index (Phi) is 3.31. The maximum Gasteiger partial charge on any atom is 0.138 e. The third kappa shape index (κ3) is 1.68. The SMILES string of the molecule is COc1ccc(C2(CN)COC2)c(Cl)c1Cl. The van der Waals surface area contributed by atoms with E-state index in [0.717, 1.165) is 5.56 Å². The van der Waals surface area contributed by atoms with E-state index in [1.54, 1.807) is 13.2 Å². The standard InChI is InChI=1S/C11H13Cl2NO2/c1-15-8-3-2-7(9(12)10(8)13)11(4-14)5-16-6-11/h2-3H,4-6,14H2,1H3. The van der Waals surface area contributed by atoms with Crippen LogP contribution in [-0.2, 0) is 10.2 Å². The maximum atomic E-state index is 6.23. The van der Waals surface area contributed by atoms with Crippen molar-refractivity contribution >= 4 is 23.2 Å². The lowest BCUT2D eigenvalue weighted by Crippen LogP contribution is -2.52. The zero-order valence-corrected chi connectivity index (χ0v) is 10.4. The van der Waals surface area contributed by atoms with Crippen molar-refractivity contribution in [2.24, 2.45) is 5.73 Å². The van der Waals surface area contributed by atoms with Crippen LogP contribution >= 0.6 is 23.2 Å².